The van der Waals surface area contributed by atoms with E-state index >= 15 is 0 Å². The number of aryl methyl sites for hydroxylation is 1. The fourth-order valence-corrected chi connectivity index (χ4v) is 5.41. The highest BCUT2D eigenvalue weighted by atomic mass is 32.2. The van der Waals surface area contributed by atoms with E-state index in [1.807, 2.05) is 72.2 Å². The van der Waals surface area contributed by atoms with Gasteiger partial charge in [0, 0.05) is 31.0 Å². The maximum Gasteiger partial charge on any atom is 0.255 e. The molecule has 0 bridgehead atoms. The predicted molar refractivity (Wildman–Crippen MR) is 106 cm³/mol. The molecule has 4 rings (SSSR count). The molecule has 1 amide bonds. The summed E-state index contributed by atoms with van der Waals surface area (Å²) in [5.74, 6) is -0.0793. The van der Waals surface area contributed by atoms with Crippen molar-refractivity contribution in [2.24, 2.45) is 0 Å². The third kappa shape index (κ3) is 3.62. The van der Waals surface area contributed by atoms with Crippen molar-refractivity contribution in [3.63, 3.8) is 0 Å². The van der Waals surface area contributed by atoms with Crippen molar-refractivity contribution < 1.29 is 13.2 Å². The van der Waals surface area contributed by atoms with E-state index in [4.69, 9.17) is 0 Å². The molecule has 0 radical (unpaired) electrons. The minimum absolute atomic E-state index is 0.0237. The summed E-state index contributed by atoms with van der Waals surface area (Å²) < 4.78 is 27.4. The Hall–Kier alpha value is -2.60. The number of carbonyl (C=O) groups is 1. The van der Waals surface area contributed by atoms with Gasteiger partial charge in [0.2, 0.25) is 0 Å². The molecule has 1 aliphatic rings. The van der Waals surface area contributed by atoms with E-state index in [0.29, 0.717) is 18.5 Å². The van der Waals surface area contributed by atoms with Gasteiger partial charge in [0.15, 0.2) is 9.84 Å². The first-order chi connectivity index (χ1) is 12.9. The zero-order chi connectivity index (χ0) is 19.0. The smallest absolute Gasteiger partial charge is 0.255 e. The number of sulfone groups is 1. The fourth-order valence-electron chi connectivity index (χ4n) is 3.65. The number of hydrogen-bond acceptors (Lipinski definition) is 3. The van der Waals surface area contributed by atoms with Gasteiger partial charge in [-0.1, -0.05) is 36.4 Å². The highest BCUT2D eigenvalue weighted by molar-refractivity contribution is 7.91. The summed E-state index contributed by atoms with van der Waals surface area (Å²) in [5, 5.41) is -0.499. The number of pyridine rings is 1. The van der Waals surface area contributed by atoms with E-state index in [1.54, 1.807) is 4.90 Å². The average molecular weight is 382 g/mol. The maximum atomic E-state index is 12.9. The molecule has 6 heteroatoms. The second kappa shape index (κ2) is 6.85. The van der Waals surface area contributed by atoms with E-state index in [1.165, 1.54) is 0 Å². The van der Waals surface area contributed by atoms with Gasteiger partial charge in [-0.2, -0.15) is 0 Å². The van der Waals surface area contributed by atoms with Gasteiger partial charge in [0.25, 0.3) is 5.91 Å². The number of carbonyl (C=O) groups excluding carboxylic acids is 1. The number of likely N-dealkylation sites (tertiary alicyclic amines) is 1. The van der Waals surface area contributed by atoms with Crippen LogP contribution in [0.25, 0.3) is 5.52 Å². The summed E-state index contributed by atoms with van der Waals surface area (Å²) in [5.41, 5.74) is 3.46. The number of hydrogen-bond donors (Lipinski definition) is 0. The molecule has 27 heavy (non-hydrogen) atoms. The molecular weight excluding hydrogens is 360 g/mol. The molecule has 1 unspecified atom stereocenters. The minimum atomic E-state index is -3.29. The van der Waals surface area contributed by atoms with E-state index in [0.717, 1.165) is 16.6 Å². The maximum absolute atomic E-state index is 12.9. The van der Waals surface area contributed by atoms with Crippen LogP contribution in [-0.4, -0.2) is 42.0 Å². The molecule has 1 atom stereocenters. The standard InChI is InChI=1S/C21H22N2O3S/c1-16-7-8-19-11-18(13-23(19)12-16)21(24)22-10-9-20(14-22)27(25,26)15-17-5-3-2-4-6-17/h2-8,11-13,20H,9-10,14-15H2,1H3. The summed E-state index contributed by atoms with van der Waals surface area (Å²) >= 11 is 0. The average Bonchev–Trinajstić information content (AvgIpc) is 3.29. The van der Waals surface area contributed by atoms with Crippen LogP contribution < -0.4 is 0 Å². The van der Waals surface area contributed by atoms with E-state index in [2.05, 4.69) is 0 Å². The summed E-state index contributed by atoms with van der Waals surface area (Å²) in [6, 6.07) is 15.0. The summed E-state index contributed by atoms with van der Waals surface area (Å²) in [6.45, 7) is 2.74. The zero-order valence-electron chi connectivity index (χ0n) is 15.2. The Bertz CT molecular complexity index is 1090. The molecule has 0 aliphatic carbocycles. The fraction of sp³-hybridized carbons (Fsp3) is 0.286. The minimum Gasteiger partial charge on any atom is -0.337 e. The molecule has 3 heterocycles. The molecule has 3 aromatic rings. The van der Waals surface area contributed by atoms with Gasteiger partial charge in [-0.15, -0.1) is 0 Å². The van der Waals surface area contributed by atoms with Crippen LogP contribution in [0.2, 0.25) is 0 Å². The molecule has 1 fully saturated rings. The molecule has 1 saturated heterocycles. The van der Waals surface area contributed by atoms with E-state index in [-0.39, 0.29) is 18.2 Å². The first kappa shape index (κ1) is 17.8. The summed E-state index contributed by atoms with van der Waals surface area (Å²) in [7, 11) is -3.29. The third-order valence-corrected chi connectivity index (χ3v) is 7.27. The highest BCUT2D eigenvalue weighted by Crippen LogP contribution is 2.23. The van der Waals surface area contributed by atoms with Crippen LogP contribution in [0.5, 0.6) is 0 Å². The first-order valence-electron chi connectivity index (χ1n) is 9.05. The van der Waals surface area contributed by atoms with Crippen LogP contribution >= 0.6 is 0 Å². The number of aromatic nitrogens is 1. The van der Waals surface area contributed by atoms with Gasteiger partial charge in [-0.3, -0.25) is 4.79 Å². The number of fused-ring (bicyclic) bond motifs is 1. The Morgan fingerprint density at radius 1 is 1.11 bits per heavy atom. The lowest BCUT2D eigenvalue weighted by molar-refractivity contribution is 0.0793. The Morgan fingerprint density at radius 2 is 1.89 bits per heavy atom. The molecule has 5 nitrogen and oxygen atoms in total. The van der Waals surface area contributed by atoms with Crippen LogP contribution in [0.1, 0.15) is 27.9 Å². The van der Waals surface area contributed by atoms with E-state index < -0.39 is 15.1 Å². The second-order valence-corrected chi connectivity index (χ2v) is 9.50. The monoisotopic (exact) mass is 382 g/mol. The molecular formula is C21H22N2O3S. The Kier molecular flexibility index (Phi) is 4.52. The molecule has 1 aliphatic heterocycles. The molecule has 140 valence electrons. The quantitative estimate of drug-likeness (QED) is 0.697. The topological polar surface area (TPSA) is 58.9 Å². The SMILES string of the molecule is Cc1ccc2cc(C(=O)N3CCC(S(=O)(=O)Cc4ccccc4)C3)cn2c1. The summed E-state index contributed by atoms with van der Waals surface area (Å²) in [4.78, 5) is 14.5. The molecule has 0 saturated carbocycles. The number of rotatable bonds is 4. The van der Waals surface area contributed by atoms with Crippen molar-refractivity contribution in [3.05, 3.63) is 77.6 Å². The molecule has 2 aromatic heterocycles. The zero-order valence-corrected chi connectivity index (χ0v) is 16.0. The van der Waals surface area contributed by atoms with Gasteiger partial charge in [-0.25, -0.2) is 8.42 Å². The highest BCUT2D eigenvalue weighted by Gasteiger charge is 2.35. The van der Waals surface area contributed by atoms with Gasteiger partial charge in [0.1, 0.15) is 0 Å². The van der Waals surface area contributed by atoms with Crippen LogP contribution in [0.4, 0.5) is 0 Å². The van der Waals surface area contributed by atoms with Gasteiger partial charge < -0.3 is 9.30 Å². The van der Waals surface area contributed by atoms with Gasteiger partial charge >= 0.3 is 0 Å². The number of nitrogens with zero attached hydrogens (tertiary/aromatic N) is 2. The molecule has 0 spiro atoms. The van der Waals surface area contributed by atoms with Crippen LogP contribution in [0.3, 0.4) is 0 Å². The Morgan fingerprint density at radius 3 is 2.67 bits per heavy atom. The number of amides is 1. The number of benzene rings is 1. The lowest BCUT2D eigenvalue weighted by atomic mass is 10.2. The van der Waals surface area contributed by atoms with Gasteiger partial charge in [0.05, 0.1) is 16.6 Å². The Labute approximate surface area is 159 Å². The van der Waals surface area contributed by atoms with Gasteiger partial charge in [-0.05, 0) is 36.6 Å². The third-order valence-electron chi connectivity index (χ3n) is 5.14. The Balaban J connectivity index is 1.49. The van der Waals surface area contributed by atoms with Crippen LogP contribution in [0.15, 0.2) is 60.9 Å². The molecule has 0 N–H and O–H groups in total. The van der Waals surface area contributed by atoms with Crippen molar-refractivity contribution in [1.82, 2.24) is 9.30 Å². The second-order valence-electron chi connectivity index (χ2n) is 7.22. The summed E-state index contributed by atoms with van der Waals surface area (Å²) in [6.07, 6.45) is 4.28. The lowest BCUT2D eigenvalue weighted by Crippen LogP contribution is -2.32. The lowest BCUT2D eigenvalue weighted by Gasteiger charge is -2.16. The first-order valence-corrected chi connectivity index (χ1v) is 10.8. The predicted octanol–water partition coefficient (Wildman–Crippen LogP) is 3.08. The van der Waals surface area contributed by atoms with Crippen molar-refractivity contribution in [1.29, 1.82) is 0 Å². The van der Waals surface area contributed by atoms with Crippen LogP contribution in [-0.2, 0) is 15.6 Å². The van der Waals surface area contributed by atoms with Crippen molar-refractivity contribution in [2.45, 2.75) is 24.3 Å². The van der Waals surface area contributed by atoms with Crippen molar-refractivity contribution in [3.8, 4) is 0 Å². The largest absolute Gasteiger partial charge is 0.337 e. The van der Waals surface area contributed by atoms with Crippen molar-refractivity contribution in [2.75, 3.05) is 13.1 Å². The van der Waals surface area contributed by atoms with Crippen LogP contribution in [0, 0.1) is 6.92 Å². The molecule has 1 aromatic carbocycles. The van der Waals surface area contributed by atoms with Crippen molar-refractivity contribution >= 4 is 21.3 Å². The normalized spacial score (nSPS) is 17.5. The van der Waals surface area contributed by atoms with E-state index in [9.17, 15) is 13.2 Å².